The van der Waals surface area contributed by atoms with Gasteiger partial charge in [-0.2, -0.15) is 0 Å². The maximum absolute atomic E-state index is 10.1. The van der Waals surface area contributed by atoms with Crippen LogP contribution >= 0.6 is 34.2 Å². The lowest BCUT2D eigenvalue weighted by Crippen LogP contribution is -2.08. The highest BCUT2D eigenvalue weighted by atomic mass is 127. The second kappa shape index (κ2) is 6.06. The normalized spacial score (nSPS) is 15.0. The summed E-state index contributed by atoms with van der Waals surface area (Å²) in [6.45, 7) is 4.20. The van der Waals surface area contributed by atoms with Crippen molar-refractivity contribution in [2.24, 2.45) is 5.92 Å². The average Bonchev–Trinajstić information content (AvgIpc) is 2.21. The molecule has 0 aliphatic rings. The van der Waals surface area contributed by atoms with Gasteiger partial charge in [0.15, 0.2) is 0 Å². The number of aliphatic hydroxyl groups is 1. The highest BCUT2D eigenvalue weighted by Crippen LogP contribution is 2.29. The van der Waals surface area contributed by atoms with Crippen LogP contribution in [0.4, 0.5) is 0 Å². The molecule has 1 N–H and O–H groups in total. The number of hydrogen-bond acceptors (Lipinski definition) is 1. The van der Waals surface area contributed by atoms with E-state index < -0.39 is 6.10 Å². The van der Waals surface area contributed by atoms with Gasteiger partial charge in [0.05, 0.1) is 11.1 Å². The molecule has 0 saturated carbocycles. The van der Waals surface area contributed by atoms with Crippen LogP contribution in [0.25, 0.3) is 0 Å². The summed E-state index contributed by atoms with van der Waals surface area (Å²) in [5.74, 6) is 0.283. The van der Waals surface area contributed by atoms with Gasteiger partial charge < -0.3 is 5.11 Å². The lowest BCUT2D eigenvalue weighted by molar-refractivity contribution is 0.112. The first-order valence-corrected chi connectivity index (χ1v) is 6.65. The monoisotopic (exact) mass is 338 g/mol. The van der Waals surface area contributed by atoms with E-state index in [9.17, 15) is 5.11 Å². The Balaban J connectivity index is 2.81. The third-order valence-corrected chi connectivity index (χ3v) is 4.14. The van der Waals surface area contributed by atoms with E-state index in [0.29, 0.717) is 0 Å². The average molecular weight is 339 g/mol. The molecule has 84 valence electrons. The summed E-state index contributed by atoms with van der Waals surface area (Å²) in [5.41, 5.74) is 0.918. The Bertz CT molecular complexity index is 327. The van der Waals surface area contributed by atoms with Crippen molar-refractivity contribution in [2.45, 2.75) is 32.8 Å². The number of aliphatic hydroxyl groups excluding tert-OH is 1. The van der Waals surface area contributed by atoms with Crippen molar-refractivity contribution in [2.75, 3.05) is 0 Å². The highest BCUT2D eigenvalue weighted by Gasteiger charge is 2.16. The molecular formula is C12H16ClIO. The molecule has 1 aromatic carbocycles. The van der Waals surface area contributed by atoms with E-state index in [1.54, 1.807) is 0 Å². The first-order valence-electron chi connectivity index (χ1n) is 5.19. The van der Waals surface area contributed by atoms with Gasteiger partial charge in [0.25, 0.3) is 0 Å². The summed E-state index contributed by atoms with van der Waals surface area (Å²) in [4.78, 5) is 0. The minimum absolute atomic E-state index is 0.283. The third-order valence-electron chi connectivity index (χ3n) is 2.57. The number of benzene rings is 1. The van der Waals surface area contributed by atoms with Gasteiger partial charge in [-0.25, -0.2) is 0 Å². The maximum atomic E-state index is 10.1. The molecule has 0 aliphatic carbocycles. The van der Waals surface area contributed by atoms with Crippen LogP contribution in [0, 0.1) is 9.49 Å². The molecule has 15 heavy (non-hydrogen) atoms. The Morgan fingerprint density at radius 2 is 2.13 bits per heavy atom. The molecular weight excluding hydrogens is 322 g/mol. The van der Waals surface area contributed by atoms with E-state index in [1.807, 2.05) is 18.2 Å². The Morgan fingerprint density at radius 1 is 1.47 bits per heavy atom. The van der Waals surface area contributed by atoms with Gasteiger partial charge in [-0.15, -0.1) is 0 Å². The van der Waals surface area contributed by atoms with Gasteiger partial charge in [0.2, 0.25) is 0 Å². The topological polar surface area (TPSA) is 20.2 Å². The van der Waals surface area contributed by atoms with Crippen molar-refractivity contribution in [1.29, 1.82) is 0 Å². The molecule has 0 heterocycles. The minimum atomic E-state index is -0.403. The lowest BCUT2D eigenvalue weighted by atomic mass is 9.94. The fourth-order valence-corrected chi connectivity index (χ4v) is 2.16. The maximum Gasteiger partial charge on any atom is 0.0816 e. The smallest absolute Gasteiger partial charge is 0.0816 e. The predicted octanol–water partition coefficient (Wildman–Crippen LogP) is 4.41. The molecule has 0 aromatic heterocycles. The minimum Gasteiger partial charge on any atom is -0.388 e. The number of halogens is 2. The Kier molecular flexibility index (Phi) is 5.36. The zero-order valence-electron chi connectivity index (χ0n) is 9.00. The Morgan fingerprint density at radius 3 is 2.67 bits per heavy atom. The van der Waals surface area contributed by atoms with E-state index in [2.05, 4.69) is 36.4 Å². The van der Waals surface area contributed by atoms with Crippen molar-refractivity contribution in [3.05, 3.63) is 32.4 Å². The van der Waals surface area contributed by atoms with Gasteiger partial charge >= 0.3 is 0 Å². The summed E-state index contributed by atoms with van der Waals surface area (Å²) in [5, 5.41) is 10.8. The van der Waals surface area contributed by atoms with Gasteiger partial charge in [0, 0.05) is 3.57 Å². The largest absolute Gasteiger partial charge is 0.388 e. The zero-order chi connectivity index (χ0) is 11.4. The standard InChI is InChI=1S/C12H16ClIO/c1-3-4-8(2)12(15)9-5-6-11(14)10(13)7-9/h5-8,12,15H,3-4H2,1-2H3. The van der Waals surface area contributed by atoms with E-state index in [0.717, 1.165) is 27.0 Å². The van der Waals surface area contributed by atoms with Gasteiger partial charge in [-0.1, -0.05) is 37.9 Å². The number of rotatable bonds is 4. The molecule has 2 unspecified atom stereocenters. The first kappa shape index (κ1) is 13.3. The molecule has 1 aromatic rings. The SMILES string of the molecule is CCCC(C)C(O)c1ccc(I)c(Cl)c1. The van der Waals surface area contributed by atoms with Crippen LogP contribution in [-0.2, 0) is 0 Å². The third kappa shape index (κ3) is 3.61. The fourth-order valence-electron chi connectivity index (χ4n) is 1.64. The van der Waals surface area contributed by atoms with Crippen LogP contribution in [0.1, 0.15) is 38.4 Å². The molecule has 0 spiro atoms. The molecule has 0 aliphatic heterocycles. The molecule has 1 rings (SSSR count). The second-order valence-corrected chi connectivity index (χ2v) is 5.45. The van der Waals surface area contributed by atoms with E-state index in [1.165, 1.54) is 0 Å². The van der Waals surface area contributed by atoms with Crippen molar-refractivity contribution in [3.63, 3.8) is 0 Å². The van der Waals surface area contributed by atoms with Crippen LogP contribution in [0.2, 0.25) is 5.02 Å². The van der Waals surface area contributed by atoms with Crippen LogP contribution in [0.15, 0.2) is 18.2 Å². The van der Waals surface area contributed by atoms with E-state index in [-0.39, 0.29) is 5.92 Å². The molecule has 1 nitrogen and oxygen atoms in total. The van der Waals surface area contributed by atoms with Gasteiger partial charge in [0.1, 0.15) is 0 Å². The van der Waals surface area contributed by atoms with E-state index >= 15 is 0 Å². The highest BCUT2D eigenvalue weighted by molar-refractivity contribution is 14.1. The summed E-state index contributed by atoms with van der Waals surface area (Å²) in [7, 11) is 0. The predicted molar refractivity (Wildman–Crippen MR) is 73.2 cm³/mol. The van der Waals surface area contributed by atoms with Crippen molar-refractivity contribution >= 4 is 34.2 Å². The quantitative estimate of drug-likeness (QED) is 0.806. The fraction of sp³-hybridized carbons (Fsp3) is 0.500. The van der Waals surface area contributed by atoms with Crippen LogP contribution in [0.3, 0.4) is 0 Å². The Hall–Kier alpha value is 0.200. The first-order chi connectivity index (χ1) is 7.06. The molecule has 0 radical (unpaired) electrons. The van der Waals surface area contributed by atoms with E-state index in [4.69, 9.17) is 11.6 Å². The summed E-state index contributed by atoms with van der Waals surface area (Å²) < 4.78 is 1.02. The molecule has 0 bridgehead atoms. The van der Waals surface area contributed by atoms with Crippen molar-refractivity contribution in [3.8, 4) is 0 Å². The van der Waals surface area contributed by atoms with Gasteiger partial charge in [-0.3, -0.25) is 0 Å². The molecule has 2 atom stereocenters. The summed E-state index contributed by atoms with van der Waals surface area (Å²) in [6, 6.07) is 5.75. The second-order valence-electron chi connectivity index (χ2n) is 3.88. The molecule has 3 heteroatoms. The van der Waals surface area contributed by atoms with Crippen LogP contribution < -0.4 is 0 Å². The molecule has 0 fully saturated rings. The van der Waals surface area contributed by atoms with Crippen LogP contribution in [0.5, 0.6) is 0 Å². The van der Waals surface area contributed by atoms with Gasteiger partial charge in [-0.05, 0) is 52.6 Å². The van der Waals surface area contributed by atoms with Crippen molar-refractivity contribution in [1.82, 2.24) is 0 Å². The lowest BCUT2D eigenvalue weighted by Gasteiger charge is -2.18. The summed E-state index contributed by atoms with van der Waals surface area (Å²) >= 11 is 8.21. The molecule has 0 saturated heterocycles. The van der Waals surface area contributed by atoms with Crippen molar-refractivity contribution < 1.29 is 5.11 Å². The van der Waals surface area contributed by atoms with Crippen LogP contribution in [-0.4, -0.2) is 5.11 Å². The molecule has 0 amide bonds. The summed E-state index contributed by atoms with van der Waals surface area (Å²) in [6.07, 6.45) is 1.72. The zero-order valence-corrected chi connectivity index (χ0v) is 11.9. The Labute approximate surface area is 110 Å². The number of hydrogen-bond donors (Lipinski definition) is 1.